The molecule has 0 radical (unpaired) electrons. The summed E-state index contributed by atoms with van der Waals surface area (Å²) in [4.78, 5) is 14.7. The number of nitrogens with one attached hydrogen (secondary N) is 1. The second-order valence-corrected chi connectivity index (χ2v) is 8.80. The molecule has 0 saturated heterocycles. The predicted octanol–water partition coefficient (Wildman–Crippen LogP) is 4.91. The third kappa shape index (κ3) is 5.53. The largest absolute Gasteiger partial charge is 0.394 e. The van der Waals surface area contributed by atoms with Crippen LogP contribution in [0.25, 0.3) is 17.7 Å². The third-order valence-electron chi connectivity index (χ3n) is 6.37. The predicted molar refractivity (Wildman–Crippen MR) is 140 cm³/mol. The average molecular weight is 453 g/mol. The minimum Gasteiger partial charge on any atom is -0.394 e. The van der Waals surface area contributed by atoms with E-state index < -0.39 is 6.04 Å². The maximum absolute atomic E-state index is 12.8. The second kappa shape index (κ2) is 11.1. The number of hydrogen-bond acceptors (Lipinski definition) is 3. The van der Waals surface area contributed by atoms with Gasteiger partial charge in [-0.15, -0.1) is 0 Å². The summed E-state index contributed by atoms with van der Waals surface area (Å²) in [6, 6.07) is 24.4. The molecule has 4 nitrogen and oxygen atoms in total. The first kappa shape index (κ1) is 23.7. The SMILES string of the molecule is Cc1ccc(CNC(=O)C(CO)N(C)CCC=C2c3ccccc3C=Cc3ccccc32)cc1. The van der Waals surface area contributed by atoms with E-state index in [4.69, 9.17) is 0 Å². The number of amides is 1. The Hall–Kier alpha value is -3.47. The zero-order valence-corrected chi connectivity index (χ0v) is 19.9. The summed E-state index contributed by atoms with van der Waals surface area (Å²) in [5, 5.41) is 12.9. The van der Waals surface area contributed by atoms with E-state index in [1.54, 1.807) is 0 Å². The Morgan fingerprint density at radius 2 is 1.53 bits per heavy atom. The molecule has 2 N–H and O–H groups in total. The molecular formula is C30H32N2O2. The van der Waals surface area contributed by atoms with Gasteiger partial charge in [-0.05, 0) is 53.8 Å². The Balaban J connectivity index is 1.44. The van der Waals surface area contributed by atoms with Crippen LogP contribution in [0.2, 0.25) is 0 Å². The van der Waals surface area contributed by atoms with Crippen molar-refractivity contribution in [1.29, 1.82) is 0 Å². The lowest BCUT2D eigenvalue weighted by molar-refractivity contribution is -0.127. The van der Waals surface area contributed by atoms with Crippen LogP contribution < -0.4 is 5.32 Å². The molecule has 0 spiro atoms. The Morgan fingerprint density at radius 1 is 0.941 bits per heavy atom. The van der Waals surface area contributed by atoms with Gasteiger partial charge in [-0.3, -0.25) is 9.69 Å². The lowest BCUT2D eigenvalue weighted by Crippen LogP contribution is -2.47. The van der Waals surface area contributed by atoms with Crippen molar-refractivity contribution >= 4 is 23.6 Å². The van der Waals surface area contributed by atoms with Crippen LogP contribution in [-0.4, -0.2) is 42.2 Å². The van der Waals surface area contributed by atoms with E-state index in [0.717, 1.165) is 12.0 Å². The van der Waals surface area contributed by atoms with Crippen molar-refractivity contribution in [1.82, 2.24) is 10.2 Å². The van der Waals surface area contributed by atoms with Gasteiger partial charge in [0.2, 0.25) is 5.91 Å². The highest BCUT2D eigenvalue weighted by Gasteiger charge is 2.22. The molecule has 4 rings (SSSR count). The van der Waals surface area contributed by atoms with Crippen molar-refractivity contribution in [2.24, 2.45) is 0 Å². The van der Waals surface area contributed by atoms with Crippen molar-refractivity contribution in [3.8, 4) is 0 Å². The monoisotopic (exact) mass is 452 g/mol. The molecule has 1 unspecified atom stereocenters. The summed E-state index contributed by atoms with van der Waals surface area (Å²) in [5.41, 5.74) is 8.24. The van der Waals surface area contributed by atoms with Crippen molar-refractivity contribution < 1.29 is 9.90 Å². The summed E-state index contributed by atoms with van der Waals surface area (Å²) in [6.07, 6.45) is 7.35. The van der Waals surface area contributed by atoms with Crippen LogP contribution in [0, 0.1) is 6.92 Å². The molecule has 0 fully saturated rings. The first-order valence-corrected chi connectivity index (χ1v) is 11.8. The zero-order valence-electron chi connectivity index (χ0n) is 19.9. The van der Waals surface area contributed by atoms with E-state index in [0.29, 0.717) is 13.1 Å². The third-order valence-corrected chi connectivity index (χ3v) is 6.37. The van der Waals surface area contributed by atoms with Gasteiger partial charge < -0.3 is 10.4 Å². The Morgan fingerprint density at radius 3 is 2.12 bits per heavy atom. The highest BCUT2D eigenvalue weighted by molar-refractivity contribution is 5.93. The molecule has 3 aromatic rings. The molecule has 1 aliphatic carbocycles. The Kier molecular flexibility index (Phi) is 7.73. The normalized spacial score (nSPS) is 13.1. The minimum atomic E-state index is -0.584. The molecule has 1 aliphatic rings. The molecule has 4 heteroatoms. The van der Waals surface area contributed by atoms with E-state index in [1.165, 1.54) is 33.4 Å². The fraction of sp³-hybridized carbons (Fsp3) is 0.233. The van der Waals surface area contributed by atoms with E-state index >= 15 is 0 Å². The molecule has 0 saturated carbocycles. The number of fused-ring (bicyclic) bond motifs is 2. The van der Waals surface area contributed by atoms with Gasteiger partial charge in [0, 0.05) is 13.1 Å². The van der Waals surface area contributed by atoms with Gasteiger partial charge in [0.15, 0.2) is 0 Å². The highest BCUT2D eigenvalue weighted by atomic mass is 16.3. The number of hydrogen-bond donors (Lipinski definition) is 2. The molecule has 0 heterocycles. The summed E-state index contributed by atoms with van der Waals surface area (Å²) in [7, 11) is 1.89. The summed E-state index contributed by atoms with van der Waals surface area (Å²) < 4.78 is 0. The smallest absolute Gasteiger partial charge is 0.239 e. The second-order valence-electron chi connectivity index (χ2n) is 8.80. The number of likely N-dealkylation sites (N-methyl/N-ethyl adjacent to an activating group) is 1. The lowest BCUT2D eigenvalue weighted by atomic mass is 9.93. The van der Waals surface area contributed by atoms with Gasteiger partial charge in [0.05, 0.1) is 6.61 Å². The van der Waals surface area contributed by atoms with Crippen molar-refractivity contribution in [3.63, 3.8) is 0 Å². The zero-order chi connectivity index (χ0) is 23.9. The van der Waals surface area contributed by atoms with E-state index in [-0.39, 0.29) is 12.5 Å². The van der Waals surface area contributed by atoms with Crippen LogP contribution in [0.5, 0.6) is 0 Å². The summed E-state index contributed by atoms with van der Waals surface area (Å²) in [5.74, 6) is -0.160. The van der Waals surface area contributed by atoms with Gasteiger partial charge in [-0.25, -0.2) is 0 Å². The summed E-state index contributed by atoms with van der Waals surface area (Å²) >= 11 is 0. The van der Waals surface area contributed by atoms with Gasteiger partial charge in [-0.1, -0.05) is 96.6 Å². The number of nitrogens with zero attached hydrogens (tertiary/aromatic N) is 1. The van der Waals surface area contributed by atoms with Gasteiger partial charge in [-0.2, -0.15) is 0 Å². The minimum absolute atomic E-state index is 0.160. The molecule has 3 aromatic carbocycles. The standard InChI is InChI=1S/C30H32N2O2/c1-22-13-15-23(16-14-22)20-31-30(34)29(21-33)32(2)19-7-12-28-26-10-5-3-8-24(26)17-18-25-9-4-6-11-27(25)28/h3-6,8-18,29,33H,7,19-21H2,1-2H3,(H,31,34). The summed E-state index contributed by atoms with van der Waals surface area (Å²) in [6.45, 7) is 2.93. The molecule has 34 heavy (non-hydrogen) atoms. The van der Waals surface area contributed by atoms with Crippen molar-refractivity contribution in [2.75, 3.05) is 20.2 Å². The first-order valence-electron chi connectivity index (χ1n) is 11.8. The Labute approximate surface area is 202 Å². The molecule has 174 valence electrons. The number of aryl methyl sites for hydroxylation is 1. The van der Waals surface area contributed by atoms with Crippen LogP contribution in [0.3, 0.4) is 0 Å². The number of carbonyl (C=O) groups excluding carboxylic acids is 1. The number of aliphatic hydroxyl groups excluding tert-OH is 1. The first-order chi connectivity index (χ1) is 16.6. The van der Waals surface area contributed by atoms with E-state index in [9.17, 15) is 9.90 Å². The van der Waals surface area contributed by atoms with Crippen LogP contribution in [0.1, 0.15) is 39.8 Å². The lowest BCUT2D eigenvalue weighted by Gasteiger charge is -2.25. The maximum Gasteiger partial charge on any atom is 0.239 e. The maximum atomic E-state index is 12.8. The fourth-order valence-corrected chi connectivity index (χ4v) is 4.32. The molecule has 1 amide bonds. The van der Waals surface area contributed by atoms with E-state index in [2.05, 4.69) is 72.1 Å². The topological polar surface area (TPSA) is 52.6 Å². The number of rotatable bonds is 8. The number of benzene rings is 3. The van der Waals surface area contributed by atoms with E-state index in [1.807, 2.05) is 43.1 Å². The van der Waals surface area contributed by atoms with Gasteiger partial charge in [0.1, 0.15) is 6.04 Å². The molecule has 0 aromatic heterocycles. The van der Waals surface area contributed by atoms with Crippen molar-refractivity contribution in [3.05, 3.63) is 112 Å². The number of carbonyl (C=O) groups is 1. The van der Waals surface area contributed by atoms with Gasteiger partial charge in [0.25, 0.3) is 0 Å². The van der Waals surface area contributed by atoms with Crippen molar-refractivity contribution in [2.45, 2.75) is 25.9 Å². The van der Waals surface area contributed by atoms with Gasteiger partial charge >= 0.3 is 0 Å². The molecule has 0 bridgehead atoms. The Bertz CT molecular complexity index is 1140. The van der Waals surface area contributed by atoms with Crippen LogP contribution in [0.4, 0.5) is 0 Å². The average Bonchev–Trinajstić information content (AvgIpc) is 3.01. The number of aliphatic hydroxyl groups is 1. The fourth-order valence-electron chi connectivity index (χ4n) is 4.32. The molecular weight excluding hydrogens is 420 g/mol. The van der Waals surface area contributed by atoms with Crippen LogP contribution in [0.15, 0.2) is 78.9 Å². The van der Waals surface area contributed by atoms with Crippen LogP contribution >= 0.6 is 0 Å². The molecule has 1 atom stereocenters. The quantitative estimate of drug-likeness (QED) is 0.399. The highest BCUT2D eigenvalue weighted by Crippen LogP contribution is 2.33. The van der Waals surface area contributed by atoms with Crippen LogP contribution in [-0.2, 0) is 11.3 Å². The molecule has 0 aliphatic heterocycles.